The number of pyridine rings is 2. The fraction of sp³-hybridized carbons (Fsp3) is 0.444. The van der Waals surface area contributed by atoms with Crippen LogP contribution in [0.3, 0.4) is 0 Å². The minimum absolute atomic E-state index is 0.205. The monoisotopic (exact) mass is 328 g/mol. The number of rotatable bonds is 5. The minimum Gasteiger partial charge on any atom is -0.503 e. The molecule has 0 amide bonds. The van der Waals surface area contributed by atoms with Crippen molar-refractivity contribution >= 4 is 0 Å². The average molecular weight is 328 g/mol. The topological polar surface area (TPSA) is 61.6 Å². The molecule has 0 aliphatic carbocycles. The first-order valence-corrected chi connectivity index (χ1v) is 8.41. The molecule has 0 bridgehead atoms. The van der Waals surface area contributed by atoms with Crippen LogP contribution in [0.1, 0.15) is 18.2 Å². The Morgan fingerprint density at radius 2 is 1.75 bits per heavy atom. The molecule has 3 heterocycles. The molecule has 1 aliphatic heterocycles. The Morgan fingerprint density at radius 3 is 2.42 bits per heavy atom. The summed E-state index contributed by atoms with van der Waals surface area (Å²) in [6.45, 7) is 8.71. The standard InChI is InChI=1S/C18H24N4O2/c1-2-20-7-9-21(10-8-20)13-16-11-17(23)18(24)14-22(16)12-15-3-5-19-6-4-15/h3-6,11,14,24H,2,7-10,12-13H2,1H3. The highest BCUT2D eigenvalue weighted by Crippen LogP contribution is 2.13. The third kappa shape index (κ3) is 4.01. The van der Waals surface area contributed by atoms with E-state index in [0.717, 1.165) is 50.5 Å². The summed E-state index contributed by atoms with van der Waals surface area (Å²) in [6, 6.07) is 5.45. The second-order valence-corrected chi connectivity index (χ2v) is 6.21. The molecular weight excluding hydrogens is 304 g/mol. The molecule has 1 N–H and O–H groups in total. The van der Waals surface area contributed by atoms with Crippen molar-refractivity contribution in [1.82, 2.24) is 19.4 Å². The van der Waals surface area contributed by atoms with Crippen LogP contribution in [0.25, 0.3) is 0 Å². The Hall–Kier alpha value is -2.18. The zero-order chi connectivity index (χ0) is 16.9. The van der Waals surface area contributed by atoms with Gasteiger partial charge in [-0.05, 0) is 24.2 Å². The predicted octanol–water partition coefficient (Wildman–Crippen LogP) is 1.13. The molecule has 1 aliphatic rings. The minimum atomic E-state index is -0.317. The first-order chi connectivity index (χ1) is 11.7. The second kappa shape index (κ2) is 7.59. The number of hydrogen-bond acceptors (Lipinski definition) is 5. The van der Waals surface area contributed by atoms with Gasteiger partial charge in [-0.1, -0.05) is 6.92 Å². The van der Waals surface area contributed by atoms with Gasteiger partial charge in [-0.2, -0.15) is 0 Å². The zero-order valence-electron chi connectivity index (χ0n) is 14.1. The number of nitrogens with zero attached hydrogens (tertiary/aromatic N) is 4. The van der Waals surface area contributed by atoms with Gasteiger partial charge in [0.15, 0.2) is 5.75 Å². The van der Waals surface area contributed by atoms with E-state index in [1.54, 1.807) is 24.7 Å². The molecule has 2 aromatic heterocycles. The summed E-state index contributed by atoms with van der Waals surface area (Å²) in [5, 5.41) is 9.81. The summed E-state index contributed by atoms with van der Waals surface area (Å²) in [5.41, 5.74) is 1.70. The van der Waals surface area contributed by atoms with Gasteiger partial charge in [-0.3, -0.25) is 14.7 Å². The molecule has 6 nitrogen and oxygen atoms in total. The van der Waals surface area contributed by atoms with Crippen LogP contribution in [-0.2, 0) is 13.1 Å². The van der Waals surface area contributed by atoms with Crippen molar-refractivity contribution < 1.29 is 5.11 Å². The Kier molecular flexibility index (Phi) is 5.27. The molecule has 24 heavy (non-hydrogen) atoms. The van der Waals surface area contributed by atoms with Crippen LogP contribution < -0.4 is 5.43 Å². The fourth-order valence-electron chi connectivity index (χ4n) is 3.06. The average Bonchev–Trinajstić information content (AvgIpc) is 2.61. The molecule has 0 radical (unpaired) electrons. The van der Waals surface area contributed by atoms with Crippen molar-refractivity contribution in [1.29, 1.82) is 0 Å². The largest absolute Gasteiger partial charge is 0.503 e. The van der Waals surface area contributed by atoms with Crippen LogP contribution in [0.5, 0.6) is 5.75 Å². The second-order valence-electron chi connectivity index (χ2n) is 6.21. The first kappa shape index (κ1) is 16.7. The molecule has 0 aromatic carbocycles. The number of hydrogen-bond donors (Lipinski definition) is 1. The lowest BCUT2D eigenvalue weighted by atomic mass is 10.2. The number of piperazine rings is 1. The van der Waals surface area contributed by atoms with Gasteiger partial charge in [0.25, 0.3) is 0 Å². The van der Waals surface area contributed by atoms with E-state index >= 15 is 0 Å². The predicted molar refractivity (Wildman–Crippen MR) is 93.1 cm³/mol. The van der Waals surface area contributed by atoms with Crippen LogP contribution in [0, 0.1) is 0 Å². The molecule has 0 spiro atoms. The van der Waals surface area contributed by atoms with Gasteiger partial charge in [0.2, 0.25) is 5.43 Å². The Labute approximate surface area is 142 Å². The Morgan fingerprint density at radius 1 is 1.08 bits per heavy atom. The number of aromatic nitrogens is 2. The van der Waals surface area contributed by atoms with E-state index in [1.165, 1.54) is 0 Å². The number of likely N-dealkylation sites (N-methyl/N-ethyl adjacent to an activating group) is 1. The van der Waals surface area contributed by atoms with Crippen LogP contribution in [0.2, 0.25) is 0 Å². The van der Waals surface area contributed by atoms with Crippen LogP contribution >= 0.6 is 0 Å². The lowest BCUT2D eigenvalue weighted by Gasteiger charge is -2.34. The maximum atomic E-state index is 11.9. The maximum Gasteiger partial charge on any atom is 0.223 e. The van der Waals surface area contributed by atoms with Gasteiger partial charge in [0, 0.05) is 63.4 Å². The Balaban J connectivity index is 1.79. The van der Waals surface area contributed by atoms with Gasteiger partial charge in [-0.15, -0.1) is 0 Å². The molecule has 0 unspecified atom stereocenters. The highest BCUT2D eigenvalue weighted by molar-refractivity contribution is 5.22. The lowest BCUT2D eigenvalue weighted by Crippen LogP contribution is -2.46. The number of aromatic hydroxyl groups is 1. The van der Waals surface area contributed by atoms with Gasteiger partial charge in [0.05, 0.1) is 6.20 Å². The van der Waals surface area contributed by atoms with Gasteiger partial charge in [0.1, 0.15) is 0 Å². The van der Waals surface area contributed by atoms with Crippen molar-refractivity contribution in [2.45, 2.75) is 20.0 Å². The van der Waals surface area contributed by atoms with Gasteiger partial charge >= 0.3 is 0 Å². The lowest BCUT2D eigenvalue weighted by molar-refractivity contribution is 0.129. The highest BCUT2D eigenvalue weighted by atomic mass is 16.3. The highest BCUT2D eigenvalue weighted by Gasteiger charge is 2.17. The summed E-state index contributed by atoms with van der Waals surface area (Å²) < 4.78 is 1.96. The molecule has 0 saturated carbocycles. The normalized spacial score (nSPS) is 16.4. The quantitative estimate of drug-likeness (QED) is 0.892. The summed E-state index contributed by atoms with van der Waals surface area (Å²) >= 11 is 0. The summed E-state index contributed by atoms with van der Waals surface area (Å²) in [5.74, 6) is -0.205. The van der Waals surface area contributed by atoms with Crippen LogP contribution in [0.4, 0.5) is 0 Å². The van der Waals surface area contributed by atoms with E-state index in [4.69, 9.17) is 0 Å². The fourth-order valence-corrected chi connectivity index (χ4v) is 3.06. The molecule has 1 fully saturated rings. The van der Waals surface area contributed by atoms with Crippen molar-refractivity contribution in [2.24, 2.45) is 0 Å². The molecule has 2 aromatic rings. The van der Waals surface area contributed by atoms with Crippen molar-refractivity contribution in [3.05, 3.63) is 58.3 Å². The Bertz CT molecular complexity index is 722. The van der Waals surface area contributed by atoms with Crippen molar-refractivity contribution in [3.63, 3.8) is 0 Å². The summed E-state index contributed by atoms with van der Waals surface area (Å²) in [6.07, 6.45) is 5.04. The SMILES string of the molecule is CCN1CCN(Cc2cc(=O)c(O)cn2Cc2ccncc2)CC1. The van der Waals surface area contributed by atoms with Crippen molar-refractivity contribution in [2.75, 3.05) is 32.7 Å². The summed E-state index contributed by atoms with van der Waals surface area (Å²) in [7, 11) is 0. The smallest absolute Gasteiger partial charge is 0.223 e. The zero-order valence-corrected chi connectivity index (χ0v) is 14.1. The van der Waals surface area contributed by atoms with Crippen LogP contribution in [0.15, 0.2) is 41.6 Å². The van der Waals surface area contributed by atoms with E-state index in [9.17, 15) is 9.90 Å². The van der Waals surface area contributed by atoms with Crippen LogP contribution in [-0.4, -0.2) is 57.2 Å². The molecule has 1 saturated heterocycles. The van der Waals surface area contributed by atoms with Gasteiger partial charge < -0.3 is 14.6 Å². The first-order valence-electron chi connectivity index (χ1n) is 8.41. The maximum absolute atomic E-state index is 11.9. The molecule has 6 heteroatoms. The van der Waals surface area contributed by atoms with E-state index in [0.29, 0.717) is 6.54 Å². The van der Waals surface area contributed by atoms with Gasteiger partial charge in [-0.25, -0.2) is 0 Å². The van der Waals surface area contributed by atoms with E-state index in [-0.39, 0.29) is 11.2 Å². The van der Waals surface area contributed by atoms with E-state index in [2.05, 4.69) is 21.7 Å². The third-order valence-corrected chi connectivity index (χ3v) is 4.60. The van der Waals surface area contributed by atoms with Crippen molar-refractivity contribution in [3.8, 4) is 5.75 Å². The molecular formula is C18H24N4O2. The molecule has 128 valence electrons. The van der Waals surface area contributed by atoms with E-state index < -0.39 is 0 Å². The molecule has 3 rings (SSSR count). The third-order valence-electron chi connectivity index (χ3n) is 4.60. The molecule has 0 atom stereocenters. The summed E-state index contributed by atoms with van der Waals surface area (Å²) in [4.78, 5) is 20.7. The van der Waals surface area contributed by atoms with E-state index in [1.807, 2.05) is 16.7 Å².